The number of aliphatic hydroxyl groups excluding tert-OH is 1. The van der Waals surface area contributed by atoms with Gasteiger partial charge >= 0.3 is 0 Å². The van der Waals surface area contributed by atoms with Gasteiger partial charge in [-0.3, -0.25) is 0 Å². The van der Waals surface area contributed by atoms with Crippen LogP contribution in [0.25, 0.3) is 0 Å². The van der Waals surface area contributed by atoms with Crippen LogP contribution in [-0.4, -0.2) is 5.11 Å². The first-order chi connectivity index (χ1) is 8.97. The summed E-state index contributed by atoms with van der Waals surface area (Å²) in [5, 5.41) is 11.5. The molecule has 0 saturated carbocycles. The Bertz CT molecular complexity index is 561. The molecule has 1 unspecified atom stereocenters. The predicted octanol–water partition coefficient (Wildman–Crippen LogP) is 5.79. The highest BCUT2D eigenvalue weighted by atomic mass is 79.9. The molecule has 2 rings (SSSR count). The van der Waals surface area contributed by atoms with Crippen molar-refractivity contribution in [3.63, 3.8) is 0 Å². The van der Waals surface area contributed by atoms with Gasteiger partial charge in [-0.25, -0.2) is 0 Å². The third-order valence-electron chi connectivity index (χ3n) is 2.73. The van der Waals surface area contributed by atoms with Crippen molar-refractivity contribution >= 4 is 55.1 Å². The van der Waals surface area contributed by atoms with E-state index in [1.807, 2.05) is 18.2 Å². The van der Waals surface area contributed by atoms with Crippen molar-refractivity contribution in [2.24, 2.45) is 0 Å². The van der Waals surface area contributed by atoms with Crippen LogP contribution in [0.15, 0.2) is 45.3 Å². The van der Waals surface area contributed by atoms with Gasteiger partial charge in [-0.15, -0.1) is 0 Å². The number of rotatable bonds is 3. The number of benzene rings is 2. The van der Waals surface area contributed by atoms with Gasteiger partial charge in [0.1, 0.15) is 0 Å². The Morgan fingerprint density at radius 1 is 1.00 bits per heavy atom. The molecular weight excluding hydrogens is 415 g/mol. The molecule has 0 amide bonds. The van der Waals surface area contributed by atoms with Crippen LogP contribution in [0, 0.1) is 0 Å². The van der Waals surface area contributed by atoms with Gasteiger partial charge in [-0.1, -0.05) is 61.1 Å². The normalized spacial score (nSPS) is 12.5. The Balaban J connectivity index is 2.28. The largest absolute Gasteiger partial charge is 0.388 e. The predicted molar refractivity (Wildman–Crippen MR) is 87.0 cm³/mol. The standard InChI is InChI=1S/C14H10Br2Cl2O/c15-9-4-8(5-10(16)6-9)14(19)7-11-12(17)2-1-3-13(11)18/h1-6,14,19H,7H2. The maximum absolute atomic E-state index is 10.3. The van der Waals surface area contributed by atoms with E-state index in [1.165, 1.54) is 0 Å². The summed E-state index contributed by atoms with van der Waals surface area (Å²) in [5.74, 6) is 0. The van der Waals surface area contributed by atoms with E-state index < -0.39 is 6.10 Å². The van der Waals surface area contributed by atoms with Crippen molar-refractivity contribution in [1.82, 2.24) is 0 Å². The second-order valence-electron chi connectivity index (χ2n) is 4.12. The molecule has 0 fully saturated rings. The van der Waals surface area contributed by atoms with E-state index in [9.17, 15) is 5.11 Å². The lowest BCUT2D eigenvalue weighted by atomic mass is 10.0. The summed E-state index contributed by atoms with van der Waals surface area (Å²) in [5.41, 5.74) is 1.56. The number of halogens is 4. The molecule has 19 heavy (non-hydrogen) atoms. The maximum atomic E-state index is 10.3. The van der Waals surface area contributed by atoms with E-state index in [0.717, 1.165) is 20.1 Å². The third kappa shape index (κ3) is 3.96. The summed E-state index contributed by atoms with van der Waals surface area (Å²) < 4.78 is 1.81. The highest BCUT2D eigenvalue weighted by molar-refractivity contribution is 9.11. The van der Waals surface area contributed by atoms with Gasteiger partial charge in [0.25, 0.3) is 0 Å². The van der Waals surface area contributed by atoms with Gasteiger partial charge in [0.15, 0.2) is 0 Å². The van der Waals surface area contributed by atoms with E-state index in [-0.39, 0.29) is 0 Å². The van der Waals surface area contributed by atoms with Crippen LogP contribution in [0.5, 0.6) is 0 Å². The molecule has 5 heteroatoms. The topological polar surface area (TPSA) is 20.2 Å². The van der Waals surface area contributed by atoms with Crippen LogP contribution in [0.4, 0.5) is 0 Å². The highest BCUT2D eigenvalue weighted by Gasteiger charge is 2.14. The van der Waals surface area contributed by atoms with Crippen molar-refractivity contribution < 1.29 is 5.11 Å². The second-order valence-corrected chi connectivity index (χ2v) is 6.77. The summed E-state index contributed by atoms with van der Waals surface area (Å²) in [6.07, 6.45) is -0.285. The van der Waals surface area contributed by atoms with E-state index >= 15 is 0 Å². The first-order valence-electron chi connectivity index (χ1n) is 5.54. The molecule has 0 aliphatic rings. The molecule has 1 N–H and O–H groups in total. The SMILES string of the molecule is OC(Cc1c(Cl)cccc1Cl)c1cc(Br)cc(Br)c1. The molecule has 2 aromatic carbocycles. The summed E-state index contributed by atoms with van der Waals surface area (Å²) in [7, 11) is 0. The van der Waals surface area contributed by atoms with E-state index in [4.69, 9.17) is 23.2 Å². The molecule has 100 valence electrons. The molecule has 0 aromatic heterocycles. The van der Waals surface area contributed by atoms with Crippen molar-refractivity contribution in [2.45, 2.75) is 12.5 Å². The zero-order valence-corrected chi connectivity index (χ0v) is 14.4. The molecule has 0 bridgehead atoms. The Labute approximate surface area is 138 Å². The Morgan fingerprint density at radius 2 is 1.53 bits per heavy atom. The number of hydrogen-bond donors (Lipinski definition) is 1. The lowest BCUT2D eigenvalue weighted by Crippen LogP contribution is -2.03. The third-order valence-corrected chi connectivity index (χ3v) is 4.35. The highest BCUT2D eigenvalue weighted by Crippen LogP contribution is 2.31. The van der Waals surface area contributed by atoms with Gasteiger partial charge in [-0.2, -0.15) is 0 Å². The smallest absolute Gasteiger partial charge is 0.0832 e. The van der Waals surface area contributed by atoms with Gasteiger partial charge in [0, 0.05) is 25.4 Å². The van der Waals surface area contributed by atoms with E-state index in [2.05, 4.69) is 31.9 Å². The minimum atomic E-state index is -0.661. The lowest BCUT2D eigenvalue weighted by molar-refractivity contribution is 0.178. The number of hydrogen-bond acceptors (Lipinski definition) is 1. The maximum Gasteiger partial charge on any atom is 0.0832 e. The minimum Gasteiger partial charge on any atom is -0.388 e. The monoisotopic (exact) mass is 422 g/mol. The van der Waals surface area contributed by atoms with Gasteiger partial charge in [0.05, 0.1) is 6.10 Å². The summed E-state index contributed by atoms with van der Waals surface area (Å²) >= 11 is 19.0. The van der Waals surface area contributed by atoms with Gasteiger partial charge in [0.2, 0.25) is 0 Å². The van der Waals surface area contributed by atoms with E-state index in [0.29, 0.717) is 16.5 Å². The average Bonchev–Trinajstić information content (AvgIpc) is 2.32. The zero-order chi connectivity index (χ0) is 14.0. The molecule has 1 nitrogen and oxygen atoms in total. The fraction of sp³-hybridized carbons (Fsp3) is 0.143. The van der Waals surface area contributed by atoms with Gasteiger partial charge in [-0.05, 0) is 41.5 Å². The average molecular weight is 425 g/mol. The Hall–Kier alpha value is -0.0600. The molecule has 0 radical (unpaired) electrons. The van der Waals surface area contributed by atoms with Crippen LogP contribution in [0.1, 0.15) is 17.2 Å². The molecule has 0 aliphatic carbocycles. The van der Waals surface area contributed by atoms with Crippen LogP contribution >= 0.6 is 55.1 Å². The molecule has 0 heterocycles. The Morgan fingerprint density at radius 3 is 2.05 bits per heavy atom. The van der Waals surface area contributed by atoms with Crippen molar-refractivity contribution in [3.05, 3.63) is 66.5 Å². The molecule has 1 atom stereocenters. The molecular formula is C14H10Br2Cl2O. The van der Waals surface area contributed by atoms with E-state index in [1.54, 1.807) is 18.2 Å². The lowest BCUT2D eigenvalue weighted by Gasteiger charge is -2.14. The molecule has 0 spiro atoms. The second kappa shape index (κ2) is 6.59. The Kier molecular flexibility index (Phi) is 5.32. The summed E-state index contributed by atoms with van der Waals surface area (Å²) in [6.45, 7) is 0. The summed E-state index contributed by atoms with van der Waals surface area (Å²) in [6, 6.07) is 11.0. The fourth-order valence-electron chi connectivity index (χ4n) is 1.81. The van der Waals surface area contributed by atoms with Gasteiger partial charge < -0.3 is 5.11 Å². The fourth-order valence-corrected chi connectivity index (χ4v) is 3.69. The minimum absolute atomic E-state index is 0.376. The van der Waals surface area contributed by atoms with Crippen molar-refractivity contribution in [3.8, 4) is 0 Å². The van der Waals surface area contributed by atoms with Crippen LogP contribution in [0.2, 0.25) is 10.0 Å². The first-order valence-corrected chi connectivity index (χ1v) is 7.88. The first kappa shape index (κ1) is 15.3. The molecule has 0 saturated heterocycles. The summed E-state index contributed by atoms with van der Waals surface area (Å²) in [4.78, 5) is 0. The van der Waals surface area contributed by atoms with Crippen LogP contribution < -0.4 is 0 Å². The van der Waals surface area contributed by atoms with Crippen LogP contribution in [0.3, 0.4) is 0 Å². The van der Waals surface area contributed by atoms with Crippen LogP contribution in [-0.2, 0) is 6.42 Å². The van der Waals surface area contributed by atoms with Crippen molar-refractivity contribution in [1.29, 1.82) is 0 Å². The zero-order valence-electron chi connectivity index (χ0n) is 9.71. The molecule has 2 aromatic rings. The number of aliphatic hydroxyl groups is 1. The quantitative estimate of drug-likeness (QED) is 0.660. The molecule has 0 aliphatic heterocycles. The van der Waals surface area contributed by atoms with Crippen molar-refractivity contribution in [2.75, 3.05) is 0 Å².